The third-order valence-electron chi connectivity index (χ3n) is 3.77. The Balaban J connectivity index is 1.74. The lowest BCUT2D eigenvalue weighted by Gasteiger charge is -2.10. The molecule has 0 radical (unpaired) electrons. The molecule has 0 aliphatic heterocycles. The zero-order valence-electron chi connectivity index (χ0n) is 14.0. The summed E-state index contributed by atoms with van der Waals surface area (Å²) >= 11 is 5.20. The predicted octanol–water partition coefficient (Wildman–Crippen LogP) is 4.48. The van der Waals surface area contributed by atoms with Gasteiger partial charge in [-0.25, -0.2) is 0 Å². The highest BCUT2D eigenvalue weighted by Crippen LogP contribution is 2.11. The Morgan fingerprint density at radius 2 is 1.62 bits per heavy atom. The second kappa shape index (κ2) is 9.83. The number of rotatable bonds is 7. The summed E-state index contributed by atoms with van der Waals surface area (Å²) in [6.07, 6.45) is 4.61. The molecule has 4 heteroatoms. The van der Waals surface area contributed by atoms with Gasteiger partial charge in [-0.3, -0.25) is 4.79 Å². The standard InChI is InChI=1S/C20H24N2OS/c1-2-3-7-17-10-13-18(14-11-17)21-20(24)22-19(23)15-12-16-8-5-4-6-9-16/h4-6,8-11,13-14H,2-3,7,12,15H2,1H3,(H2,21,22,23,24). The van der Waals surface area contributed by atoms with Crippen molar-refractivity contribution < 1.29 is 4.79 Å². The Hall–Kier alpha value is -2.20. The van der Waals surface area contributed by atoms with Gasteiger partial charge in [0, 0.05) is 12.1 Å². The molecular weight excluding hydrogens is 316 g/mol. The summed E-state index contributed by atoms with van der Waals surface area (Å²) in [5, 5.41) is 6.12. The van der Waals surface area contributed by atoms with Gasteiger partial charge in [-0.2, -0.15) is 0 Å². The van der Waals surface area contributed by atoms with Gasteiger partial charge in [-0.1, -0.05) is 55.8 Å². The third-order valence-corrected chi connectivity index (χ3v) is 3.97. The van der Waals surface area contributed by atoms with Crippen molar-refractivity contribution in [1.29, 1.82) is 0 Å². The maximum atomic E-state index is 12.0. The fraction of sp³-hybridized carbons (Fsp3) is 0.300. The second-order valence-electron chi connectivity index (χ2n) is 5.79. The van der Waals surface area contributed by atoms with E-state index >= 15 is 0 Å². The number of aryl methyl sites for hydroxylation is 2. The topological polar surface area (TPSA) is 41.1 Å². The van der Waals surface area contributed by atoms with Gasteiger partial charge in [0.2, 0.25) is 5.91 Å². The molecule has 24 heavy (non-hydrogen) atoms. The molecule has 2 aromatic carbocycles. The van der Waals surface area contributed by atoms with E-state index in [0.29, 0.717) is 18.0 Å². The SMILES string of the molecule is CCCCc1ccc(NC(=S)NC(=O)CCc2ccccc2)cc1. The van der Waals surface area contributed by atoms with Gasteiger partial charge >= 0.3 is 0 Å². The van der Waals surface area contributed by atoms with Crippen molar-refractivity contribution in [1.82, 2.24) is 5.32 Å². The molecule has 0 aliphatic carbocycles. The van der Waals surface area contributed by atoms with Crippen molar-refractivity contribution in [2.24, 2.45) is 0 Å². The molecule has 0 bridgehead atoms. The molecule has 126 valence electrons. The summed E-state index contributed by atoms with van der Waals surface area (Å²) in [5.74, 6) is -0.0732. The zero-order valence-corrected chi connectivity index (χ0v) is 14.9. The number of hydrogen-bond donors (Lipinski definition) is 2. The van der Waals surface area contributed by atoms with Crippen molar-refractivity contribution in [3.63, 3.8) is 0 Å². The van der Waals surface area contributed by atoms with Crippen LogP contribution in [0.15, 0.2) is 54.6 Å². The Bertz CT molecular complexity index is 653. The minimum atomic E-state index is -0.0732. The lowest BCUT2D eigenvalue weighted by Crippen LogP contribution is -2.34. The molecule has 0 heterocycles. The summed E-state index contributed by atoms with van der Waals surface area (Å²) in [6.45, 7) is 2.19. The zero-order chi connectivity index (χ0) is 17.2. The Morgan fingerprint density at radius 1 is 0.958 bits per heavy atom. The number of amides is 1. The van der Waals surface area contributed by atoms with Crippen LogP contribution in [0.25, 0.3) is 0 Å². The molecule has 0 aliphatic rings. The molecule has 2 rings (SSSR count). The first kappa shape index (κ1) is 18.1. The molecule has 3 nitrogen and oxygen atoms in total. The van der Waals surface area contributed by atoms with Crippen LogP contribution in [0.5, 0.6) is 0 Å². The van der Waals surface area contributed by atoms with E-state index in [1.165, 1.54) is 18.4 Å². The molecule has 0 saturated carbocycles. The van der Waals surface area contributed by atoms with Gasteiger partial charge in [0.25, 0.3) is 0 Å². The number of benzene rings is 2. The minimum absolute atomic E-state index is 0.0732. The lowest BCUT2D eigenvalue weighted by molar-refractivity contribution is -0.119. The summed E-state index contributed by atoms with van der Waals surface area (Å²) in [7, 11) is 0. The quantitative estimate of drug-likeness (QED) is 0.731. The Morgan fingerprint density at radius 3 is 2.29 bits per heavy atom. The monoisotopic (exact) mass is 340 g/mol. The van der Waals surface area contributed by atoms with Gasteiger partial charge in [-0.05, 0) is 54.7 Å². The normalized spacial score (nSPS) is 10.2. The summed E-state index contributed by atoms with van der Waals surface area (Å²) in [4.78, 5) is 12.0. The van der Waals surface area contributed by atoms with Crippen LogP contribution < -0.4 is 10.6 Å². The van der Waals surface area contributed by atoms with Crippen LogP contribution in [-0.4, -0.2) is 11.0 Å². The van der Waals surface area contributed by atoms with Crippen molar-refractivity contribution in [2.45, 2.75) is 39.0 Å². The number of nitrogens with one attached hydrogen (secondary N) is 2. The first-order chi connectivity index (χ1) is 11.7. The van der Waals surface area contributed by atoms with Gasteiger partial charge < -0.3 is 10.6 Å². The van der Waals surface area contributed by atoms with Gasteiger partial charge in [0.1, 0.15) is 0 Å². The van der Waals surface area contributed by atoms with Crippen LogP contribution in [0.4, 0.5) is 5.69 Å². The second-order valence-corrected chi connectivity index (χ2v) is 6.20. The number of carbonyl (C=O) groups excluding carboxylic acids is 1. The van der Waals surface area contributed by atoms with E-state index in [-0.39, 0.29) is 5.91 Å². The molecular formula is C20H24N2OS. The number of carbonyl (C=O) groups is 1. The summed E-state index contributed by atoms with van der Waals surface area (Å²) in [5.41, 5.74) is 3.36. The van der Waals surface area contributed by atoms with E-state index in [1.807, 2.05) is 42.5 Å². The van der Waals surface area contributed by atoms with Crippen LogP contribution in [0, 0.1) is 0 Å². The Kier molecular flexibility index (Phi) is 7.43. The average molecular weight is 340 g/mol. The minimum Gasteiger partial charge on any atom is -0.332 e. The molecule has 2 N–H and O–H groups in total. The van der Waals surface area contributed by atoms with Crippen molar-refractivity contribution in [3.8, 4) is 0 Å². The first-order valence-electron chi connectivity index (χ1n) is 8.41. The van der Waals surface area contributed by atoms with Crippen LogP contribution >= 0.6 is 12.2 Å². The fourth-order valence-electron chi connectivity index (χ4n) is 2.39. The highest BCUT2D eigenvalue weighted by Gasteiger charge is 2.05. The molecule has 0 atom stereocenters. The molecule has 2 aromatic rings. The summed E-state index contributed by atoms with van der Waals surface area (Å²) < 4.78 is 0. The average Bonchev–Trinajstić information content (AvgIpc) is 2.60. The molecule has 0 aromatic heterocycles. The largest absolute Gasteiger partial charge is 0.332 e. The van der Waals surface area contributed by atoms with Crippen molar-refractivity contribution >= 4 is 28.9 Å². The first-order valence-corrected chi connectivity index (χ1v) is 8.82. The number of thiocarbonyl (C=S) groups is 1. The van der Waals surface area contributed by atoms with Crippen LogP contribution in [0.2, 0.25) is 0 Å². The molecule has 0 unspecified atom stereocenters. The highest BCUT2D eigenvalue weighted by atomic mass is 32.1. The fourth-order valence-corrected chi connectivity index (χ4v) is 2.62. The third kappa shape index (κ3) is 6.50. The maximum Gasteiger partial charge on any atom is 0.226 e. The van der Waals surface area contributed by atoms with E-state index in [0.717, 1.165) is 17.7 Å². The van der Waals surface area contributed by atoms with Crippen molar-refractivity contribution in [2.75, 3.05) is 5.32 Å². The predicted molar refractivity (Wildman–Crippen MR) is 104 cm³/mol. The van der Waals surface area contributed by atoms with E-state index < -0.39 is 0 Å². The van der Waals surface area contributed by atoms with E-state index in [4.69, 9.17) is 12.2 Å². The molecule has 1 amide bonds. The molecule has 0 saturated heterocycles. The van der Waals surface area contributed by atoms with E-state index in [1.54, 1.807) is 0 Å². The number of unbranched alkanes of at least 4 members (excludes halogenated alkanes) is 1. The van der Waals surface area contributed by atoms with Gasteiger partial charge in [0.05, 0.1) is 0 Å². The highest BCUT2D eigenvalue weighted by molar-refractivity contribution is 7.80. The smallest absolute Gasteiger partial charge is 0.226 e. The number of anilines is 1. The van der Waals surface area contributed by atoms with Crippen molar-refractivity contribution in [3.05, 3.63) is 65.7 Å². The summed E-state index contributed by atoms with van der Waals surface area (Å²) in [6, 6.07) is 18.1. The van der Waals surface area contributed by atoms with E-state index in [2.05, 4.69) is 29.7 Å². The molecule has 0 fully saturated rings. The maximum absolute atomic E-state index is 12.0. The van der Waals surface area contributed by atoms with Crippen LogP contribution in [0.1, 0.15) is 37.3 Å². The number of hydrogen-bond acceptors (Lipinski definition) is 2. The van der Waals surface area contributed by atoms with Crippen LogP contribution in [-0.2, 0) is 17.6 Å². The van der Waals surface area contributed by atoms with Gasteiger partial charge in [-0.15, -0.1) is 0 Å². The van der Waals surface area contributed by atoms with E-state index in [9.17, 15) is 4.79 Å². The lowest BCUT2D eigenvalue weighted by atomic mass is 10.1. The van der Waals surface area contributed by atoms with Gasteiger partial charge in [0.15, 0.2) is 5.11 Å². The Labute approximate surface area is 149 Å². The molecule has 0 spiro atoms. The van der Waals surface area contributed by atoms with Crippen LogP contribution in [0.3, 0.4) is 0 Å².